The Bertz CT molecular complexity index is 805. The summed E-state index contributed by atoms with van der Waals surface area (Å²) in [6, 6.07) is 5.57. The number of nitrogens with one attached hydrogen (secondary N) is 1. The highest BCUT2D eigenvalue weighted by atomic mass is 32.2. The molecule has 2 rings (SSSR count). The Labute approximate surface area is 121 Å². The monoisotopic (exact) mass is 312 g/mol. The van der Waals surface area contributed by atoms with Crippen LogP contribution in [0.3, 0.4) is 0 Å². The van der Waals surface area contributed by atoms with Crippen LogP contribution in [0.25, 0.3) is 0 Å². The second kappa shape index (κ2) is 5.33. The normalized spacial score (nSPS) is 11.4. The molecule has 0 aliphatic heterocycles. The second-order valence-electron chi connectivity index (χ2n) is 4.65. The fourth-order valence-corrected chi connectivity index (χ4v) is 3.07. The quantitative estimate of drug-likeness (QED) is 0.856. The van der Waals surface area contributed by atoms with Crippen LogP contribution in [0.1, 0.15) is 11.1 Å². The molecule has 0 aromatic heterocycles. The van der Waals surface area contributed by atoms with Gasteiger partial charge in [-0.2, -0.15) is 0 Å². The topological polar surface area (TPSA) is 72.2 Å². The van der Waals surface area contributed by atoms with Gasteiger partial charge in [0.2, 0.25) is 0 Å². The molecule has 0 atom stereocenters. The Morgan fingerprint density at radius 1 is 1.10 bits per heavy atom. The van der Waals surface area contributed by atoms with Gasteiger partial charge in [-0.15, -0.1) is 0 Å². The summed E-state index contributed by atoms with van der Waals surface area (Å²) in [5, 5.41) is 0. The number of aryl methyl sites for hydroxylation is 1. The predicted octanol–water partition coefficient (Wildman–Crippen LogP) is 2.96. The van der Waals surface area contributed by atoms with Gasteiger partial charge in [0.05, 0.1) is 11.4 Å². The highest BCUT2D eigenvalue weighted by Crippen LogP contribution is 2.29. The van der Waals surface area contributed by atoms with Gasteiger partial charge < -0.3 is 5.73 Å². The van der Waals surface area contributed by atoms with Crippen molar-refractivity contribution in [3.63, 3.8) is 0 Å². The van der Waals surface area contributed by atoms with Crippen LogP contribution in [-0.2, 0) is 10.0 Å². The van der Waals surface area contributed by atoms with Crippen molar-refractivity contribution < 1.29 is 17.2 Å². The summed E-state index contributed by atoms with van der Waals surface area (Å²) < 4.78 is 53.2. The lowest BCUT2D eigenvalue weighted by molar-refractivity contribution is 0.551. The zero-order chi connectivity index (χ0) is 15.8. The van der Waals surface area contributed by atoms with Crippen LogP contribution in [0.4, 0.5) is 20.2 Å². The zero-order valence-corrected chi connectivity index (χ0v) is 12.3. The van der Waals surface area contributed by atoms with E-state index in [-0.39, 0.29) is 11.4 Å². The summed E-state index contributed by atoms with van der Waals surface area (Å²) in [4.78, 5) is -0.635. The van der Waals surface area contributed by atoms with E-state index in [2.05, 4.69) is 4.72 Å². The highest BCUT2D eigenvalue weighted by molar-refractivity contribution is 7.92. The first-order valence-corrected chi connectivity index (χ1v) is 7.54. The largest absolute Gasteiger partial charge is 0.397 e. The maximum absolute atomic E-state index is 13.6. The van der Waals surface area contributed by atoms with Crippen LogP contribution in [0.5, 0.6) is 0 Å². The number of benzene rings is 2. The fourth-order valence-electron chi connectivity index (χ4n) is 1.85. The van der Waals surface area contributed by atoms with Gasteiger partial charge >= 0.3 is 0 Å². The minimum Gasteiger partial charge on any atom is -0.397 e. The molecule has 0 aliphatic rings. The maximum Gasteiger partial charge on any atom is 0.264 e. The number of rotatable bonds is 3. The third-order valence-electron chi connectivity index (χ3n) is 3.19. The smallest absolute Gasteiger partial charge is 0.264 e. The van der Waals surface area contributed by atoms with Crippen molar-refractivity contribution in [1.82, 2.24) is 0 Å². The Morgan fingerprint density at radius 2 is 1.76 bits per heavy atom. The third kappa shape index (κ3) is 2.97. The van der Waals surface area contributed by atoms with E-state index in [0.717, 1.165) is 17.7 Å². The van der Waals surface area contributed by atoms with Gasteiger partial charge in [-0.1, -0.05) is 6.07 Å². The summed E-state index contributed by atoms with van der Waals surface area (Å²) in [5.41, 5.74) is 7.65. The average molecular weight is 312 g/mol. The van der Waals surface area contributed by atoms with Gasteiger partial charge in [-0.3, -0.25) is 4.72 Å². The molecule has 3 N–H and O–H groups in total. The van der Waals surface area contributed by atoms with E-state index < -0.39 is 26.6 Å². The molecule has 4 nitrogen and oxygen atoms in total. The van der Waals surface area contributed by atoms with Crippen molar-refractivity contribution in [2.24, 2.45) is 0 Å². The number of halogens is 2. The summed E-state index contributed by atoms with van der Waals surface area (Å²) in [6.45, 7) is 3.50. The first kappa shape index (κ1) is 15.2. The first-order chi connectivity index (χ1) is 9.72. The maximum atomic E-state index is 13.6. The van der Waals surface area contributed by atoms with Gasteiger partial charge in [0.1, 0.15) is 16.5 Å². The van der Waals surface area contributed by atoms with Gasteiger partial charge in [-0.05, 0) is 43.2 Å². The second-order valence-corrected chi connectivity index (χ2v) is 6.30. The standard InChI is InChI=1S/C14H14F2N2O2S/c1-8-3-5-12(17)14(9(8)2)18-21(19,20)13-6-4-10(15)7-11(13)16/h3-7,18H,17H2,1-2H3. The summed E-state index contributed by atoms with van der Waals surface area (Å²) in [6.07, 6.45) is 0. The molecular formula is C14H14F2N2O2S. The molecule has 2 aromatic carbocycles. The molecule has 112 valence electrons. The Balaban J connectivity index is 2.50. The van der Waals surface area contributed by atoms with Gasteiger partial charge in [0.15, 0.2) is 0 Å². The van der Waals surface area contributed by atoms with Crippen molar-refractivity contribution in [1.29, 1.82) is 0 Å². The molecule has 0 unspecified atom stereocenters. The number of anilines is 2. The van der Waals surface area contributed by atoms with E-state index >= 15 is 0 Å². The minimum absolute atomic E-state index is 0.193. The molecule has 0 fully saturated rings. The number of hydrogen-bond acceptors (Lipinski definition) is 3. The van der Waals surface area contributed by atoms with Crippen molar-refractivity contribution in [2.45, 2.75) is 18.7 Å². The van der Waals surface area contributed by atoms with Gasteiger partial charge in [0, 0.05) is 6.07 Å². The molecule has 0 amide bonds. The van der Waals surface area contributed by atoms with Crippen molar-refractivity contribution >= 4 is 21.4 Å². The molecular weight excluding hydrogens is 298 g/mol. The summed E-state index contributed by atoms with van der Waals surface area (Å²) in [7, 11) is -4.19. The molecule has 0 saturated carbocycles. The van der Waals surface area contributed by atoms with Crippen LogP contribution in [0.15, 0.2) is 35.2 Å². The third-order valence-corrected chi connectivity index (χ3v) is 4.57. The molecule has 2 aromatic rings. The fraction of sp³-hybridized carbons (Fsp3) is 0.143. The van der Waals surface area contributed by atoms with E-state index in [9.17, 15) is 17.2 Å². The van der Waals surface area contributed by atoms with E-state index in [1.807, 2.05) is 0 Å². The van der Waals surface area contributed by atoms with E-state index in [1.54, 1.807) is 26.0 Å². The van der Waals surface area contributed by atoms with Crippen molar-refractivity contribution in [2.75, 3.05) is 10.5 Å². The molecule has 21 heavy (non-hydrogen) atoms. The van der Waals surface area contributed by atoms with E-state index in [4.69, 9.17) is 5.73 Å². The van der Waals surface area contributed by atoms with Gasteiger partial charge in [0.25, 0.3) is 10.0 Å². The molecule has 0 heterocycles. The lowest BCUT2D eigenvalue weighted by Crippen LogP contribution is -2.17. The number of nitrogens with two attached hydrogens (primary N) is 1. The van der Waals surface area contributed by atoms with Crippen molar-refractivity contribution in [3.05, 3.63) is 53.1 Å². The van der Waals surface area contributed by atoms with E-state index in [0.29, 0.717) is 11.6 Å². The molecule has 0 radical (unpaired) electrons. The summed E-state index contributed by atoms with van der Waals surface area (Å²) >= 11 is 0. The molecule has 0 aliphatic carbocycles. The number of sulfonamides is 1. The van der Waals surface area contributed by atoms with E-state index in [1.165, 1.54) is 0 Å². The lowest BCUT2D eigenvalue weighted by Gasteiger charge is -2.15. The van der Waals surface area contributed by atoms with Gasteiger partial charge in [-0.25, -0.2) is 17.2 Å². The molecule has 7 heteroatoms. The highest BCUT2D eigenvalue weighted by Gasteiger charge is 2.21. The molecule has 0 saturated heterocycles. The zero-order valence-electron chi connectivity index (χ0n) is 11.4. The SMILES string of the molecule is Cc1ccc(N)c(NS(=O)(=O)c2ccc(F)cc2F)c1C. The Morgan fingerprint density at radius 3 is 2.38 bits per heavy atom. The average Bonchev–Trinajstić information content (AvgIpc) is 2.39. The van der Waals surface area contributed by atoms with Crippen LogP contribution >= 0.6 is 0 Å². The summed E-state index contributed by atoms with van der Waals surface area (Å²) in [5.74, 6) is -2.01. The van der Waals surface area contributed by atoms with Crippen LogP contribution in [-0.4, -0.2) is 8.42 Å². The first-order valence-electron chi connectivity index (χ1n) is 6.06. The van der Waals surface area contributed by atoms with Crippen LogP contribution in [0, 0.1) is 25.5 Å². The predicted molar refractivity (Wildman–Crippen MR) is 77.5 cm³/mol. The number of nitrogen functional groups attached to an aromatic ring is 1. The van der Waals surface area contributed by atoms with Crippen LogP contribution in [0.2, 0.25) is 0 Å². The van der Waals surface area contributed by atoms with Crippen LogP contribution < -0.4 is 10.5 Å². The lowest BCUT2D eigenvalue weighted by atomic mass is 10.1. The minimum atomic E-state index is -4.19. The Hall–Kier alpha value is -2.15. The Kier molecular flexibility index (Phi) is 3.87. The molecule has 0 spiro atoms. The number of hydrogen-bond donors (Lipinski definition) is 2. The molecule has 0 bridgehead atoms. The van der Waals surface area contributed by atoms with Crippen molar-refractivity contribution in [3.8, 4) is 0 Å².